The van der Waals surface area contributed by atoms with Gasteiger partial charge in [0.05, 0.1) is 11.4 Å². The molecule has 27 heavy (non-hydrogen) atoms. The maximum Gasteiger partial charge on any atom is 0.321 e. The third kappa shape index (κ3) is 4.83. The molecular formula is C18H20N4O4S. The minimum Gasteiger partial charge on any atom is -0.362 e. The highest BCUT2D eigenvalue weighted by Gasteiger charge is 2.23. The molecule has 0 fully saturated rings. The van der Waals surface area contributed by atoms with Crippen molar-refractivity contribution in [1.29, 1.82) is 0 Å². The van der Waals surface area contributed by atoms with E-state index in [2.05, 4.69) is 10.6 Å². The van der Waals surface area contributed by atoms with Crippen LogP contribution in [0.15, 0.2) is 53.4 Å². The van der Waals surface area contributed by atoms with Crippen molar-refractivity contribution < 1.29 is 18.0 Å². The van der Waals surface area contributed by atoms with E-state index in [1.807, 2.05) is 30.3 Å². The van der Waals surface area contributed by atoms with Crippen molar-refractivity contribution in [3.8, 4) is 0 Å². The maximum absolute atomic E-state index is 12.1. The van der Waals surface area contributed by atoms with Gasteiger partial charge in [-0.2, -0.15) is 0 Å². The molecule has 3 amide bonds. The van der Waals surface area contributed by atoms with Crippen molar-refractivity contribution in [2.75, 3.05) is 18.0 Å². The molecule has 0 saturated heterocycles. The van der Waals surface area contributed by atoms with E-state index < -0.39 is 22.0 Å². The molecule has 0 atom stereocenters. The third-order valence-corrected chi connectivity index (χ3v) is 5.17. The third-order valence-electron chi connectivity index (χ3n) is 4.25. The summed E-state index contributed by atoms with van der Waals surface area (Å²) in [6.07, 6.45) is 0.603. The summed E-state index contributed by atoms with van der Waals surface area (Å²) >= 11 is 0. The largest absolute Gasteiger partial charge is 0.362 e. The first kappa shape index (κ1) is 18.9. The van der Waals surface area contributed by atoms with Crippen LogP contribution in [0.2, 0.25) is 0 Å². The SMILES string of the molecule is NS(=O)(=O)c1ccc2c(c1)CCN2CC(=O)NC(=O)NCc1ccccc1. The number of sulfonamides is 1. The molecule has 8 nitrogen and oxygen atoms in total. The van der Waals surface area contributed by atoms with Gasteiger partial charge in [0.2, 0.25) is 15.9 Å². The van der Waals surface area contributed by atoms with Crippen LogP contribution in [0.25, 0.3) is 0 Å². The normalized spacial score (nSPS) is 13.1. The molecule has 142 valence electrons. The summed E-state index contributed by atoms with van der Waals surface area (Å²) in [6.45, 7) is 0.881. The second-order valence-corrected chi connectivity index (χ2v) is 7.78. The first-order valence-electron chi connectivity index (χ1n) is 8.35. The highest BCUT2D eigenvalue weighted by molar-refractivity contribution is 7.89. The number of carbonyl (C=O) groups excluding carboxylic acids is 2. The number of primary sulfonamides is 1. The molecule has 0 unspecified atom stereocenters. The Morgan fingerprint density at radius 3 is 2.56 bits per heavy atom. The molecular weight excluding hydrogens is 368 g/mol. The van der Waals surface area contributed by atoms with Crippen LogP contribution >= 0.6 is 0 Å². The van der Waals surface area contributed by atoms with E-state index >= 15 is 0 Å². The van der Waals surface area contributed by atoms with E-state index in [1.54, 1.807) is 11.0 Å². The predicted molar refractivity (Wildman–Crippen MR) is 101 cm³/mol. The number of nitrogens with two attached hydrogens (primary N) is 1. The van der Waals surface area contributed by atoms with Gasteiger partial charge in [-0.1, -0.05) is 30.3 Å². The van der Waals surface area contributed by atoms with E-state index in [9.17, 15) is 18.0 Å². The number of hydrogen-bond acceptors (Lipinski definition) is 5. The van der Waals surface area contributed by atoms with Crippen molar-refractivity contribution in [2.24, 2.45) is 5.14 Å². The number of nitrogens with one attached hydrogen (secondary N) is 2. The fourth-order valence-corrected chi connectivity index (χ4v) is 3.51. The number of urea groups is 1. The van der Waals surface area contributed by atoms with Crippen LogP contribution in [0.5, 0.6) is 0 Å². The van der Waals surface area contributed by atoms with Crippen molar-refractivity contribution >= 4 is 27.6 Å². The lowest BCUT2D eigenvalue weighted by atomic mass is 10.2. The summed E-state index contributed by atoms with van der Waals surface area (Å²) in [6, 6.07) is 13.4. The molecule has 0 spiro atoms. The van der Waals surface area contributed by atoms with Gasteiger partial charge >= 0.3 is 6.03 Å². The van der Waals surface area contributed by atoms with Crippen molar-refractivity contribution in [1.82, 2.24) is 10.6 Å². The fraction of sp³-hybridized carbons (Fsp3) is 0.222. The Hall–Kier alpha value is -2.91. The number of anilines is 1. The van der Waals surface area contributed by atoms with Crippen molar-refractivity contribution in [2.45, 2.75) is 17.9 Å². The van der Waals surface area contributed by atoms with Crippen LogP contribution in [-0.2, 0) is 27.8 Å². The molecule has 0 saturated carbocycles. The molecule has 1 aliphatic rings. The zero-order valence-corrected chi connectivity index (χ0v) is 15.3. The van der Waals surface area contributed by atoms with Gasteiger partial charge in [-0.3, -0.25) is 10.1 Å². The fourth-order valence-electron chi connectivity index (χ4n) is 2.95. The Morgan fingerprint density at radius 1 is 1.11 bits per heavy atom. The standard InChI is InChI=1S/C18H20N4O4S/c19-27(25,26)15-6-7-16-14(10-15)8-9-22(16)12-17(23)21-18(24)20-11-13-4-2-1-3-5-13/h1-7,10H,8-9,11-12H2,(H2,19,25,26)(H2,20,21,23,24). The van der Waals surface area contributed by atoms with Gasteiger partial charge in [-0.15, -0.1) is 0 Å². The lowest BCUT2D eigenvalue weighted by molar-refractivity contribution is -0.118. The number of benzene rings is 2. The number of amides is 3. The van der Waals surface area contributed by atoms with Gasteiger partial charge in [0.15, 0.2) is 0 Å². The Bertz CT molecular complexity index is 961. The lowest BCUT2D eigenvalue weighted by Crippen LogP contribution is -2.44. The van der Waals surface area contributed by atoms with Crippen molar-refractivity contribution in [3.05, 3.63) is 59.7 Å². The molecule has 4 N–H and O–H groups in total. The average Bonchev–Trinajstić information content (AvgIpc) is 3.02. The van der Waals surface area contributed by atoms with E-state index in [1.165, 1.54) is 12.1 Å². The summed E-state index contributed by atoms with van der Waals surface area (Å²) in [5, 5.41) is 10.1. The van der Waals surface area contributed by atoms with Crippen LogP contribution in [0.3, 0.4) is 0 Å². The molecule has 1 aliphatic heterocycles. The van der Waals surface area contributed by atoms with Gasteiger partial charge in [0.25, 0.3) is 0 Å². The van der Waals surface area contributed by atoms with Gasteiger partial charge in [0.1, 0.15) is 0 Å². The van der Waals surface area contributed by atoms with Gasteiger partial charge in [-0.25, -0.2) is 18.4 Å². The maximum atomic E-state index is 12.1. The predicted octanol–water partition coefficient (Wildman–Crippen LogP) is 0.723. The summed E-state index contributed by atoms with van der Waals surface area (Å²) in [5.74, 6) is -0.441. The zero-order chi connectivity index (χ0) is 19.4. The first-order chi connectivity index (χ1) is 12.8. The number of hydrogen-bond donors (Lipinski definition) is 3. The van der Waals surface area contributed by atoms with E-state index in [4.69, 9.17) is 5.14 Å². The van der Waals surface area contributed by atoms with E-state index in [0.717, 1.165) is 16.8 Å². The first-order valence-corrected chi connectivity index (χ1v) is 9.90. The highest BCUT2D eigenvalue weighted by Crippen LogP contribution is 2.29. The monoisotopic (exact) mass is 388 g/mol. The Labute approximate surface area is 157 Å². The number of imide groups is 1. The molecule has 3 rings (SSSR count). The van der Waals surface area contributed by atoms with Crippen LogP contribution in [0, 0.1) is 0 Å². The van der Waals surface area contributed by atoms with Gasteiger partial charge in [0, 0.05) is 18.8 Å². The van der Waals surface area contributed by atoms with Gasteiger partial charge < -0.3 is 10.2 Å². The second kappa shape index (κ2) is 7.77. The topological polar surface area (TPSA) is 122 Å². The second-order valence-electron chi connectivity index (χ2n) is 6.22. The lowest BCUT2D eigenvalue weighted by Gasteiger charge is -2.18. The number of carbonyl (C=O) groups is 2. The molecule has 2 aromatic carbocycles. The van der Waals surface area contributed by atoms with Crippen molar-refractivity contribution in [3.63, 3.8) is 0 Å². The molecule has 0 aliphatic carbocycles. The average molecular weight is 388 g/mol. The molecule has 0 aromatic heterocycles. The van der Waals surface area contributed by atoms with E-state index in [-0.39, 0.29) is 11.4 Å². The summed E-state index contributed by atoms with van der Waals surface area (Å²) in [5.41, 5.74) is 2.50. The van der Waals surface area contributed by atoms with Crippen LogP contribution in [0.1, 0.15) is 11.1 Å². The number of rotatable bonds is 5. The number of fused-ring (bicyclic) bond motifs is 1. The molecule has 2 aromatic rings. The summed E-state index contributed by atoms with van der Waals surface area (Å²) in [7, 11) is -3.76. The molecule has 0 radical (unpaired) electrons. The zero-order valence-electron chi connectivity index (χ0n) is 14.5. The summed E-state index contributed by atoms with van der Waals surface area (Å²) in [4.78, 5) is 25.8. The minimum absolute atomic E-state index is 0.000475. The number of nitrogens with zero attached hydrogens (tertiary/aromatic N) is 1. The molecule has 0 bridgehead atoms. The quantitative estimate of drug-likeness (QED) is 0.697. The van der Waals surface area contributed by atoms with Crippen LogP contribution in [-0.4, -0.2) is 33.4 Å². The highest BCUT2D eigenvalue weighted by atomic mass is 32.2. The van der Waals surface area contributed by atoms with Gasteiger partial charge in [-0.05, 0) is 35.7 Å². The Balaban J connectivity index is 1.54. The Morgan fingerprint density at radius 2 is 1.85 bits per heavy atom. The van der Waals surface area contributed by atoms with Crippen LogP contribution < -0.4 is 20.7 Å². The smallest absolute Gasteiger partial charge is 0.321 e. The Kier molecular flexibility index (Phi) is 5.43. The summed E-state index contributed by atoms with van der Waals surface area (Å²) < 4.78 is 22.9. The minimum atomic E-state index is -3.76. The van der Waals surface area contributed by atoms with Crippen LogP contribution in [0.4, 0.5) is 10.5 Å². The molecule has 1 heterocycles. The molecule has 9 heteroatoms. The van der Waals surface area contributed by atoms with E-state index in [0.29, 0.717) is 19.5 Å².